The molecular formula is C30H27F6NO4S. The molecule has 2 atom stereocenters. The third-order valence-corrected chi connectivity index (χ3v) is 7.14. The zero-order valence-corrected chi connectivity index (χ0v) is 23.4. The number of carbonyl (C=O) groups is 1. The highest BCUT2D eigenvalue weighted by atomic mass is 32.1. The molecule has 5 nitrogen and oxygen atoms in total. The highest BCUT2D eigenvalue weighted by molar-refractivity contribution is 7.80. The normalized spacial score (nSPS) is 15.6. The van der Waals surface area contributed by atoms with Gasteiger partial charge >= 0.3 is 12.4 Å². The van der Waals surface area contributed by atoms with E-state index in [0.29, 0.717) is 36.8 Å². The van der Waals surface area contributed by atoms with Crippen LogP contribution in [0.15, 0.2) is 66.7 Å². The molecular weight excluding hydrogens is 584 g/mol. The van der Waals surface area contributed by atoms with Crippen molar-refractivity contribution in [2.24, 2.45) is 0 Å². The number of anilines is 1. The lowest BCUT2D eigenvalue weighted by Crippen LogP contribution is -2.49. The summed E-state index contributed by atoms with van der Waals surface area (Å²) < 4.78 is 96.2. The number of nitrogens with zero attached hydrogens (tertiary/aromatic N) is 1. The quantitative estimate of drug-likeness (QED) is 0.176. The van der Waals surface area contributed by atoms with Crippen LogP contribution < -0.4 is 14.4 Å². The van der Waals surface area contributed by atoms with Crippen LogP contribution in [0.1, 0.15) is 36.1 Å². The summed E-state index contributed by atoms with van der Waals surface area (Å²) in [6.45, 7) is 3.36. The molecule has 3 aromatic carbocycles. The van der Waals surface area contributed by atoms with Gasteiger partial charge in [0.05, 0.1) is 29.8 Å². The highest BCUT2D eigenvalue weighted by Crippen LogP contribution is 2.39. The van der Waals surface area contributed by atoms with E-state index in [-0.39, 0.29) is 17.5 Å². The number of ketones is 1. The molecule has 224 valence electrons. The van der Waals surface area contributed by atoms with Crippen molar-refractivity contribution in [3.63, 3.8) is 0 Å². The number of hydrogen-bond donors (Lipinski definition) is 0. The Morgan fingerprint density at radius 3 is 2.17 bits per heavy atom. The number of halogens is 6. The van der Waals surface area contributed by atoms with Crippen LogP contribution in [0.4, 0.5) is 32.0 Å². The van der Waals surface area contributed by atoms with Gasteiger partial charge in [-0.3, -0.25) is 4.79 Å². The zero-order chi connectivity index (χ0) is 30.7. The molecule has 1 aliphatic heterocycles. The van der Waals surface area contributed by atoms with Gasteiger partial charge in [-0.05, 0) is 73.6 Å². The van der Waals surface area contributed by atoms with Gasteiger partial charge < -0.3 is 19.1 Å². The molecule has 0 saturated heterocycles. The summed E-state index contributed by atoms with van der Waals surface area (Å²) in [5.41, 5.74) is -0.678. The van der Waals surface area contributed by atoms with Crippen molar-refractivity contribution in [3.05, 3.63) is 89.0 Å². The monoisotopic (exact) mass is 611 g/mol. The lowest BCUT2D eigenvalue weighted by Gasteiger charge is -2.32. The summed E-state index contributed by atoms with van der Waals surface area (Å²) in [5, 5.41) is 0.223. The van der Waals surface area contributed by atoms with Gasteiger partial charge in [-0.2, -0.15) is 26.3 Å². The van der Waals surface area contributed by atoms with Crippen LogP contribution in [-0.4, -0.2) is 36.1 Å². The number of ether oxygens (including phenoxy) is 3. The lowest BCUT2D eigenvalue weighted by atomic mass is 10.1. The van der Waals surface area contributed by atoms with E-state index < -0.39 is 53.7 Å². The Morgan fingerprint density at radius 1 is 0.929 bits per heavy atom. The molecule has 1 aliphatic rings. The topological polar surface area (TPSA) is 48.0 Å². The molecule has 0 radical (unpaired) electrons. The summed E-state index contributed by atoms with van der Waals surface area (Å²) in [7, 11) is 0. The zero-order valence-electron chi connectivity index (χ0n) is 22.6. The summed E-state index contributed by atoms with van der Waals surface area (Å²) in [6, 6.07) is 14.3. The number of benzene rings is 3. The van der Waals surface area contributed by atoms with E-state index in [2.05, 4.69) is 0 Å². The first-order valence-electron chi connectivity index (χ1n) is 13.0. The Bertz CT molecular complexity index is 1400. The maximum atomic E-state index is 13.4. The van der Waals surface area contributed by atoms with E-state index in [4.69, 9.17) is 26.4 Å². The van der Waals surface area contributed by atoms with Crippen molar-refractivity contribution in [1.82, 2.24) is 0 Å². The number of fused-ring (bicyclic) bond motifs is 1. The van der Waals surface area contributed by atoms with Gasteiger partial charge in [0, 0.05) is 12.1 Å². The van der Waals surface area contributed by atoms with E-state index in [9.17, 15) is 31.1 Å². The van der Waals surface area contributed by atoms with E-state index in [0.717, 1.165) is 11.1 Å². The van der Waals surface area contributed by atoms with Crippen LogP contribution in [0.2, 0.25) is 0 Å². The molecule has 4 rings (SSSR count). The van der Waals surface area contributed by atoms with Gasteiger partial charge in [-0.1, -0.05) is 30.3 Å². The second-order valence-electron chi connectivity index (χ2n) is 9.62. The average Bonchev–Trinajstić information content (AvgIpc) is 3.33. The van der Waals surface area contributed by atoms with Crippen molar-refractivity contribution in [2.75, 3.05) is 18.1 Å². The predicted octanol–water partition coefficient (Wildman–Crippen LogP) is 7.43. The molecule has 0 fully saturated rings. The lowest BCUT2D eigenvalue weighted by molar-refractivity contribution is -0.143. The standard InChI is InChI=1S/C30H27F6NO4S/c1-3-39-28(42)18(2)37-25-10-9-23(40-16-19-7-5-4-6-8-19)11-20(25)12-26(37)27(38)17-41-24-14-21(29(31,32)33)13-22(15-24)30(34,35)36/h4-11,13-15,18,26H,3,12,16-17H2,1-2H3. The fourth-order valence-corrected chi connectivity index (χ4v) is 4.90. The molecule has 0 N–H and O–H groups in total. The second-order valence-corrected chi connectivity index (χ2v) is 10.0. The van der Waals surface area contributed by atoms with Gasteiger partial charge in [0.2, 0.25) is 0 Å². The molecule has 0 amide bonds. The van der Waals surface area contributed by atoms with Gasteiger partial charge in [-0.15, -0.1) is 0 Å². The molecule has 2 unspecified atom stereocenters. The van der Waals surface area contributed by atoms with Gasteiger partial charge in [0.25, 0.3) is 0 Å². The van der Waals surface area contributed by atoms with Crippen molar-refractivity contribution >= 4 is 28.7 Å². The van der Waals surface area contributed by atoms with Crippen LogP contribution in [0.25, 0.3) is 0 Å². The van der Waals surface area contributed by atoms with Crippen LogP contribution in [0, 0.1) is 0 Å². The molecule has 0 bridgehead atoms. The minimum atomic E-state index is -5.04. The smallest absolute Gasteiger partial charge is 0.416 e. The maximum absolute atomic E-state index is 13.4. The third-order valence-electron chi connectivity index (χ3n) is 6.69. The fraction of sp³-hybridized carbons (Fsp3) is 0.333. The number of hydrogen-bond acceptors (Lipinski definition) is 6. The van der Waals surface area contributed by atoms with Crippen molar-refractivity contribution < 1.29 is 45.3 Å². The van der Waals surface area contributed by atoms with Gasteiger partial charge in [-0.25, -0.2) is 0 Å². The number of thiocarbonyl (C=S) groups is 1. The molecule has 42 heavy (non-hydrogen) atoms. The van der Waals surface area contributed by atoms with Crippen molar-refractivity contribution in [3.8, 4) is 11.5 Å². The molecule has 1 heterocycles. The Labute approximate surface area is 244 Å². The van der Waals surface area contributed by atoms with E-state index in [1.165, 1.54) is 0 Å². The Hall–Kier alpha value is -3.80. The SMILES string of the molecule is CCOC(=S)C(C)N1c2ccc(OCc3ccccc3)cc2CC1C(=O)COc1cc(C(F)(F)F)cc(C(F)(F)F)c1. The number of alkyl halides is 6. The van der Waals surface area contributed by atoms with Crippen molar-refractivity contribution in [2.45, 2.75) is 51.3 Å². The average molecular weight is 612 g/mol. The van der Waals surface area contributed by atoms with Crippen LogP contribution >= 0.6 is 12.2 Å². The summed E-state index contributed by atoms with van der Waals surface area (Å²) in [4.78, 5) is 15.1. The Balaban J connectivity index is 1.57. The third kappa shape index (κ3) is 7.33. The van der Waals surface area contributed by atoms with E-state index in [1.54, 1.807) is 36.9 Å². The maximum Gasteiger partial charge on any atom is 0.416 e. The first kappa shape index (κ1) is 31.1. The summed E-state index contributed by atoms with van der Waals surface area (Å²) in [5.74, 6) is -0.720. The van der Waals surface area contributed by atoms with Gasteiger partial charge in [0.15, 0.2) is 10.8 Å². The minimum absolute atomic E-state index is 0.00215. The predicted molar refractivity (Wildman–Crippen MR) is 148 cm³/mol. The summed E-state index contributed by atoms with van der Waals surface area (Å²) >= 11 is 5.40. The van der Waals surface area contributed by atoms with E-state index >= 15 is 0 Å². The number of Topliss-reactive ketones (excluding diaryl/α,β-unsaturated/α-hetero) is 1. The van der Waals surface area contributed by atoms with Crippen LogP contribution in [0.3, 0.4) is 0 Å². The molecule has 0 aliphatic carbocycles. The minimum Gasteiger partial charge on any atom is -0.489 e. The Morgan fingerprint density at radius 2 is 1.57 bits per heavy atom. The molecule has 0 saturated carbocycles. The summed E-state index contributed by atoms with van der Waals surface area (Å²) in [6.07, 6.45) is -9.90. The fourth-order valence-electron chi connectivity index (χ4n) is 4.67. The van der Waals surface area contributed by atoms with E-state index in [1.807, 2.05) is 30.3 Å². The first-order valence-corrected chi connectivity index (χ1v) is 13.4. The van der Waals surface area contributed by atoms with Gasteiger partial charge in [0.1, 0.15) is 24.7 Å². The van der Waals surface area contributed by atoms with Crippen LogP contribution in [0.5, 0.6) is 11.5 Å². The molecule has 0 aromatic heterocycles. The number of carbonyl (C=O) groups excluding carboxylic acids is 1. The van der Waals surface area contributed by atoms with Crippen LogP contribution in [-0.2, 0) is 34.9 Å². The second kappa shape index (κ2) is 12.6. The largest absolute Gasteiger partial charge is 0.489 e. The highest BCUT2D eigenvalue weighted by Gasteiger charge is 2.40. The number of rotatable bonds is 10. The molecule has 12 heteroatoms. The molecule has 0 spiro atoms. The first-order chi connectivity index (χ1) is 19.8. The Kier molecular flexibility index (Phi) is 9.34. The molecule has 3 aromatic rings. The van der Waals surface area contributed by atoms with Crippen molar-refractivity contribution in [1.29, 1.82) is 0 Å².